The number of amides is 1. The van der Waals surface area contributed by atoms with E-state index in [0.29, 0.717) is 0 Å². The fourth-order valence-electron chi connectivity index (χ4n) is 3.13. The van der Waals surface area contributed by atoms with Gasteiger partial charge in [0.15, 0.2) is 0 Å². The van der Waals surface area contributed by atoms with Crippen LogP contribution in [0.5, 0.6) is 0 Å². The summed E-state index contributed by atoms with van der Waals surface area (Å²) in [5.74, 6) is 0.971. The van der Waals surface area contributed by atoms with Crippen molar-refractivity contribution in [2.75, 3.05) is 26.2 Å². The molecule has 22 heavy (non-hydrogen) atoms. The topological polar surface area (TPSA) is 36.7 Å². The van der Waals surface area contributed by atoms with Gasteiger partial charge >= 0.3 is 0 Å². The van der Waals surface area contributed by atoms with Crippen molar-refractivity contribution in [2.24, 2.45) is 0 Å². The van der Waals surface area contributed by atoms with Crippen LogP contribution in [0, 0.1) is 0 Å². The van der Waals surface area contributed by atoms with Crippen molar-refractivity contribution in [3.63, 3.8) is 0 Å². The van der Waals surface area contributed by atoms with E-state index in [0.717, 1.165) is 49.1 Å². The molecule has 0 atom stereocenters. The van der Waals surface area contributed by atoms with E-state index in [-0.39, 0.29) is 5.91 Å². The Hall–Kier alpha value is -2.07. The Morgan fingerprint density at radius 3 is 2.32 bits per heavy atom. The first-order chi connectivity index (χ1) is 10.8. The van der Waals surface area contributed by atoms with Gasteiger partial charge in [0, 0.05) is 43.3 Å². The zero-order valence-corrected chi connectivity index (χ0v) is 12.6. The number of carbonyl (C=O) groups is 1. The van der Waals surface area contributed by atoms with Crippen molar-refractivity contribution in [3.8, 4) is 11.3 Å². The van der Waals surface area contributed by atoms with Gasteiger partial charge in [-0.1, -0.05) is 12.1 Å². The first-order valence-corrected chi connectivity index (χ1v) is 7.98. The summed E-state index contributed by atoms with van der Waals surface area (Å²) in [6, 6.07) is 12.3. The molecule has 0 spiro atoms. The van der Waals surface area contributed by atoms with Crippen molar-refractivity contribution in [3.05, 3.63) is 48.2 Å². The lowest BCUT2D eigenvalue weighted by atomic mass is 10.1. The van der Waals surface area contributed by atoms with E-state index in [1.54, 1.807) is 6.26 Å². The second-order valence-electron chi connectivity index (χ2n) is 6.11. The van der Waals surface area contributed by atoms with Gasteiger partial charge in [0.1, 0.15) is 5.76 Å². The first-order valence-electron chi connectivity index (χ1n) is 7.98. The molecule has 2 heterocycles. The minimum atomic E-state index is 0.140. The molecule has 1 aromatic heterocycles. The van der Waals surface area contributed by atoms with Crippen LogP contribution in [0.25, 0.3) is 11.3 Å². The number of furan rings is 1. The molecule has 0 unspecified atom stereocenters. The molecule has 2 aliphatic rings. The lowest BCUT2D eigenvalue weighted by Gasteiger charge is -2.34. The van der Waals surface area contributed by atoms with Crippen molar-refractivity contribution in [1.29, 1.82) is 0 Å². The molecule has 1 aliphatic carbocycles. The maximum atomic E-state index is 12.6. The van der Waals surface area contributed by atoms with E-state index in [4.69, 9.17) is 4.42 Å². The molecule has 1 saturated carbocycles. The number of hydrogen-bond donors (Lipinski definition) is 0. The van der Waals surface area contributed by atoms with E-state index in [2.05, 4.69) is 4.90 Å². The lowest BCUT2D eigenvalue weighted by molar-refractivity contribution is 0.0627. The summed E-state index contributed by atoms with van der Waals surface area (Å²) in [6.07, 6.45) is 4.33. The van der Waals surface area contributed by atoms with E-state index < -0.39 is 0 Å². The Kier molecular flexibility index (Phi) is 3.47. The van der Waals surface area contributed by atoms with E-state index in [9.17, 15) is 4.79 Å². The van der Waals surface area contributed by atoms with Gasteiger partial charge in [-0.2, -0.15) is 0 Å². The monoisotopic (exact) mass is 296 g/mol. The Labute approximate surface area is 130 Å². The maximum absolute atomic E-state index is 12.6. The van der Waals surface area contributed by atoms with Gasteiger partial charge in [0.25, 0.3) is 5.91 Å². The molecule has 2 aromatic rings. The normalized spacial score (nSPS) is 19.4. The Morgan fingerprint density at radius 1 is 1.00 bits per heavy atom. The van der Waals surface area contributed by atoms with Gasteiger partial charge in [-0.25, -0.2) is 0 Å². The second-order valence-corrected chi connectivity index (χ2v) is 6.11. The van der Waals surface area contributed by atoms with Crippen LogP contribution in [-0.4, -0.2) is 47.9 Å². The minimum Gasteiger partial charge on any atom is -0.464 e. The molecule has 4 heteroatoms. The number of carbonyl (C=O) groups excluding carboxylic acids is 1. The number of hydrogen-bond acceptors (Lipinski definition) is 3. The number of rotatable bonds is 3. The molecule has 0 radical (unpaired) electrons. The maximum Gasteiger partial charge on any atom is 0.253 e. The third-order valence-corrected chi connectivity index (χ3v) is 4.60. The summed E-state index contributed by atoms with van der Waals surface area (Å²) in [5.41, 5.74) is 1.76. The highest BCUT2D eigenvalue weighted by molar-refractivity contribution is 5.94. The third-order valence-electron chi connectivity index (χ3n) is 4.60. The van der Waals surface area contributed by atoms with Crippen molar-refractivity contribution in [1.82, 2.24) is 9.80 Å². The van der Waals surface area contributed by atoms with E-state index >= 15 is 0 Å². The summed E-state index contributed by atoms with van der Waals surface area (Å²) >= 11 is 0. The van der Waals surface area contributed by atoms with Gasteiger partial charge in [-0.3, -0.25) is 9.69 Å². The fourth-order valence-corrected chi connectivity index (χ4v) is 3.13. The average molecular weight is 296 g/mol. The SMILES string of the molecule is O=C(c1ccc(-c2ccco2)cc1)N1CCN(C2CC2)CC1. The predicted octanol–water partition coefficient (Wildman–Crippen LogP) is 2.87. The molecular formula is C18H20N2O2. The summed E-state index contributed by atoms with van der Waals surface area (Å²) < 4.78 is 5.38. The Morgan fingerprint density at radius 2 is 1.73 bits per heavy atom. The van der Waals surface area contributed by atoms with Gasteiger partial charge in [-0.05, 0) is 37.1 Å². The number of piperazine rings is 1. The molecule has 114 valence electrons. The van der Waals surface area contributed by atoms with Crippen LogP contribution in [0.2, 0.25) is 0 Å². The molecule has 2 fully saturated rings. The zero-order valence-electron chi connectivity index (χ0n) is 12.6. The van der Waals surface area contributed by atoms with Crippen molar-refractivity contribution >= 4 is 5.91 Å². The molecular weight excluding hydrogens is 276 g/mol. The smallest absolute Gasteiger partial charge is 0.253 e. The van der Waals surface area contributed by atoms with Crippen LogP contribution in [-0.2, 0) is 0 Å². The van der Waals surface area contributed by atoms with Crippen LogP contribution in [0.4, 0.5) is 0 Å². The van der Waals surface area contributed by atoms with Crippen LogP contribution < -0.4 is 0 Å². The average Bonchev–Trinajstić information content (AvgIpc) is 3.29. The summed E-state index contributed by atoms with van der Waals surface area (Å²) in [6.45, 7) is 3.71. The largest absolute Gasteiger partial charge is 0.464 e. The van der Waals surface area contributed by atoms with Gasteiger partial charge in [0.05, 0.1) is 6.26 Å². The molecule has 1 aliphatic heterocycles. The number of benzene rings is 1. The van der Waals surface area contributed by atoms with E-state index in [1.807, 2.05) is 41.3 Å². The third kappa shape index (κ3) is 2.66. The van der Waals surface area contributed by atoms with Crippen molar-refractivity contribution in [2.45, 2.75) is 18.9 Å². The van der Waals surface area contributed by atoms with E-state index in [1.165, 1.54) is 12.8 Å². The highest BCUT2D eigenvalue weighted by Crippen LogP contribution is 2.27. The summed E-state index contributed by atoms with van der Waals surface area (Å²) in [7, 11) is 0. The minimum absolute atomic E-state index is 0.140. The Balaban J connectivity index is 1.42. The molecule has 0 N–H and O–H groups in total. The molecule has 1 aromatic carbocycles. The van der Waals surface area contributed by atoms with Crippen LogP contribution in [0.15, 0.2) is 47.1 Å². The number of nitrogens with zero attached hydrogens (tertiary/aromatic N) is 2. The highest BCUT2D eigenvalue weighted by Gasteiger charge is 2.32. The Bertz CT molecular complexity index is 636. The summed E-state index contributed by atoms with van der Waals surface area (Å²) in [4.78, 5) is 17.1. The lowest BCUT2D eigenvalue weighted by Crippen LogP contribution is -2.49. The molecule has 0 bridgehead atoms. The molecule has 4 rings (SSSR count). The van der Waals surface area contributed by atoms with Gasteiger partial charge in [-0.15, -0.1) is 0 Å². The molecule has 1 saturated heterocycles. The van der Waals surface area contributed by atoms with Crippen LogP contribution in [0.3, 0.4) is 0 Å². The standard InChI is InChI=1S/C18H20N2O2/c21-18(20-11-9-19(10-12-20)16-7-8-16)15-5-3-14(4-6-15)17-2-1-13-22-17/h1-6,13,16H,7-12H2. The zero-order chi connectivity index (χ0) is 14.9. The molecule has 4 nitrogen and oxygen atoms in total. The molecule has 1 amide bonds. The predicted molar refractivity (Wildman–Crippen MR) is 84.6 cm³/mol. The highest BCUT2D eigenvalue weighted by atomic mass is 16.3. The van der Waals surface area contributed by atoms with Crippen LogP contribution >= 0.6 is 0 Å². The quantitative estimate of drug-likeness (QED) is 0.874. The van der Waals surface area contributed by atoms with Gasteiger partial charge in [0.2, 0.25) is 0 Å². The van der Waals surface area contributed by atoms with Crippen LogP contribution in [0.1, 0.15) is 23.2 Å². The second kappa shape index (κ2) is 5.61. The van der Waals surface area contributed by atoms with Crippen molar-refractivity contribution < 1.29 is 9.21 Å². The fraction of sp³-hybridized carbons (Fsp3) is 0.389. The first kappa shape index (κ1) is 13.6. The van der Waals surface area contributed by atoms with Gasteiger partial charge < -0.3 is 9.32 Å². The summed E-state index contributed by atoms with van der Waals surface area (Å²) in [5, 5.41) is 0.